The summed E-state index contributed by atoms with van der Waals surface area (Å²) in [4.78, 5) is 18.2. The van der Waals surface area contributed by atoms with Crippen LogP contribution in [0.15, 0.2) is 37.1 Å². The molecule has 0 aliphatic heterocycles. The molecule has 4 rings (SSSR count). The van der Waals surface area contributed by atoms with Crippen LogP contribution in [0.2, 0.25) is 5.02 Å². The molecule has 5 nitrogen and oxygen atoms in total. The van der Waals surface area contributed by atoms with Crippen LogP contribution in [-0.2, 0) is 6.54 Å². The second kappa shape index (κ2) is 5.72. The molecule has 0 spiro atoms. The molecule has 0 aliphatic rings. The lowest BCUT2D eigenvalue weighted by atomic mass is 10.2. The number of aryl methyl sites for hydroxylation is 1. The zero-order chi connectivity index (χ0) is 15.8. The molecule has 0 atom stereocenters. The number of rotatable bonds is 3. The largest absolute Gasteiger partial charge is 0.365 e. The van der Waals surface area contributed by atoms with Gasteiger partial charge < -0.3 is 5.32 Å². The fraction of sp³-hybridized carbons (Fsp3) is 0.125. The maximum Gasteiger partial charge on any atom is 0.147 e. The number of fused-ring (bicyclic) bond motifs is 3. The van der Waals surface area contributed by atoms with E-state index in [1.807, 2.05) is 19.1 Å². The highest BCUT2D eigenvalue weighted by Gasteiger charge is 2.15. The van der Waals surface area contributed by atoms with Gasteiger partial charge in [-0.2, -0.15) is 0 Å². The van der Waals surface area contributed by atoms with Gasteiger partial charge in [0.25, 0.3) is 0 Å². The van der Waals surface area contributed by atoms with Crippen molar-refractivity contribution >= 4 is 49.2 Å². The Labute approximate surface area is 141 Å². The molecular formula is C16H12ClN5S. The summed E-state index contributed by atoms with van der Waals surface area (Å²) in [6.07, 6.45) is 6.82. The monoisotopic (exact) mass is 341 g/mol. The van der Waals surface area contributed by atoms with E-state index in [1.165, 1.54) is 0 Å². The average Bonchev–Trinajstić information content (AvgIpc) is 2.97. The van der Waals surface area contributed by atoms with Gasteiger partial charge in [-0.3, -0.25) is 4.98 Å². The highest BCUT2D eigenvalue weighted by atomic mass is 35.5. The van der Waals surface area contributed by atoms with Gasteiger partial charge in [0.15, 0.2) is 0 Å². The number of hydrogen-bond donors (Lipinski definition) is 1. The van der Waals surface area contributed by atoms with Gasteiger partial charge in [-0.1, -0.05) is 11.6 Å². The number of aromatic nitrogens is 4. The van der Waals surface area contributed by atoms with E-state index in [0.29, 0.717) is 11.6 Å². The van der Waals surface area contributed by atoms with Crippen LogP contribution in [0.3, 0.4) is 0 Å². The van der Waals surface area contributed by atoms with Crippen molar-refractivity contribution in [1.82, 2.24) is 19.9 Å². The van der Waals surface area contributed by atoms with Crippen LogP contribution in [-0.4, -0.2) is 19.9 Å². The van der Waals surface area contributed by atoms with Crippen molar-refractivity contribution in [2.75, 3.05) is 5.32 Å². The van der Waals surface area contributed by atoms with Crippen molar-refractivity contribution in [3.63, 3.8) is 0 Å². The van der Waals surface area contributed by atoms with Crippen LogP contribution in [0.25, 0.3) is 20.4 Å². The first-order valence-electron chi connectivity index (χ1n) is 7.05. The Bertz CT molecular complexity index is 1000. The molecule has 23 heavy (non-hydrogen) atoms. The third kappa shape index (κ3) is 2.50. The molecule has 0 saturated heterocycles. The van der Waals surface area contributed by atoms with Gasteiger partial charge in [-0.25, -0.2) is 15.0 Å². The van der Waals surface area contributed by atoms with Gasteiger partial charge in [-0.05, 0) is 30.2 Å². The highest BCUT2D eigenvalue weighted by Crippen LogP contribution is 2.38. The predicted molar refractivity (Wildman–Crippen MR) is 94.0 cm³/mol. The van der Waals surface area contributed by atoms with Crippen molar-refractivity contribution < 1.29 is 0 Å². The fourth-order valence-electron chi connectivity index (χ4n) is 2.47. The molecule has 1 N–H and O–H groups in total. The van der Waals surface area contributed by atoms with Crippen LogP contribution in [0.5, 0.6) is 0 Å². The summed E-state index contributed by atoms with van der Waals surface area (Å²) >= 11 is 7.78. The molecule has 0 saturated carbocycles. The minimum Gasteiger partial charge on any atom is -0.365 e. The number of pyridine rings is 2. The fourth-order valence-corrected chi connectivity index (χ4v) is 3.74. The summed E-state index contributed by atoms with van der Waals surface area (Å²) < 4.78 is 0.995. The lowest BCUT2D eigenvalue weighted by Gasteiger charge is -2.06. The molecular weight excluding hydrogens is 330 g/mol. The Hall–Kier alpha value is -2.31. The van der Waals surface area contributed by atoms with Crippen LogP contribution in [0, 0.1) is 6.92 Å². The summed E-state index contributed by atoms with van der Waals surface area (Å²) in [6.45, 7) is 2.67. The van der Waals surface area contributed by atoms with Gasteiger partial charge in [0.05, 0.1) is 15.2 Å². The molecule has 0 unspecified atom stereocenters. The molecule has 0 aromatic carbocycles. The third-order valence-electron chi connectivity index (χ3n) is 3.69. The molecule has 0 bridgehead atoms. The van der Waals surface area contributed by atoms with Crippen molar-refractivity contribution in [3.05, 3.63) is 53.2 Å². The average molecular weight is 342 g/mol. The number of nitrogens with zero attached hydrogens (tertiary/aromatic N) is 4. The number of halogens is 1. The summed E-state index contributed by atoms with van der Waals surface area (Å²) in [5, 5.41) is 5.03. The van der Waals surface area contributed by atoms with Crippen molar-refractivity contribution in [2.24, 2.45) is 0 Å². The van der Waals surface area contributed by atoms with E-state index >= 15 is 0 Å². The van der Waals surface area contributed by atoms with Crippen molar-refractivity contribution in [3.8, 4) is 0 Å². The zero-order valence-corrected chi connectivity index (χ0v) is 13.8. The Morgan fingerprint density at radius 3 is 2.83 bits per heavy atom. The van der Waals surface area contributed by atoms with Gasteiger partial charge in [0.2, 0.25) is 0 Å². The van der Waals surface area contributed by atoms with Crippen molar-refractivity contribution in [1.29, 1.82) is 0 Å². The number of nitrogens with one attached hydrogen (secondary N) is 1. The van der Waals surface area contributed by atoms with E-state index in [0.717, 1.165) is 37.4 Å². The first-order valence-corrected chi connectivity index (χ1v) is 8.24. The second-order valence-electron chi connectivity index (χ2n) is 5.12. The summed E-state index contributed by atoms with van der Waals surface area (Å²) in [7, 11) is 0. The first kappa shape index (κ1) is 14.3. The normalized spacial score (nSPS) is 11.2. The van der Waals surface area contributed by atoms with Gasteiger partial charge in [0.1, 0.15) is 17.0 Å². The number of hydrogen-bond acceptors (Lipinski definition) is 6. The van der Waals surface area contributed by atoms with E-state index < -0.39 is 0 Å². The predicted octanol–water partition coefficient (Wildman–Crippen LogP) is 4.21. The third-order valence-corrected chi connectivity index (χ3v) is 5.17. The van der Waals surface area contributed by atoms with Crippen molar-refractivity contribution in [2.45, 2.75) is 13.5 Å². The van der Waals surface area contributed by atoms with Crippen LogP contribution < -0.4 is 5.32 Å². The molecule has 114 valence electrons. The smallest absolute Gasteiger partial charge is 0.147 e. The lowest BCUT2D eigenvalue weighted by Crippen LogP contribution is -2.01. The van der Waals surface area contributed by atoms with E-state index in [2.05, 4.69) is 25.3 Å². The highest BCUT2D eigenvalue weighted by molar-refractivity contribution is 7.26. The Balaban J connectivity index is 1.80. The number of anilines is 1. The topological polar surface area (TPSA) is 63.6 Å². The molecule has 4 heterocycles. The molecule has 4 aromatic heterocycles. The zero-order valence-electron chi connectivity index (χ0n) is 12.2. The maximum atomic E-state index is 6.20. The van der Waals surface area contributed by atoms with Crippen LogP contribution in [0.4, 0.5) is 5.82 Å². The van der Waals surface area contributed by atoms with E-state index in [4.69, 9.17) is 11.6 Å². The summed E-state index contributed by atoms with van der Waals surface area (Å²) in [5.41, 5.74) is 3.04. The Morgan fingerprint density at radius 2 is 2.00 bits per heavy atom. The first-order chi connectivity index (χ1) is 11.2. The Morgan fingerprint density at radius 1 is 1.17 bits per heavy atom. The van der Waals surface area contributed by atoms with Gasteiger partial charge in [0, 0.05) is 30.5 Å². The SMILES string of the molecule is Cc1c(Cl)cnc2sc3c(NCc4ccncc4)ncnc3c12. The standard InChI is InChI=1S/C16H12ClN5S/c1-9-11(17)7-20-16-12(9)13-14(23-16)15(22-8-21-13)19-6-10-2-4-18-5-3-10/h2-5,7-8H,6H2,1H3,(H,19,21,22). The van der Waals surface area contributed by atoms with E-state index in [-0.39, 0.29) is 0 Å². The minimum atomic E-state index is 0.655. The second-order valence-corrected chi connectivity index (χ2v) is 6.53. The summed E-state index contributed by atoms with van der Waals surface area (Å²) in [5.74, 6) is 0.810. The van der Waals surface area contributed by atoms with E-state index in [1.54, 1.807) is 36.3 Å². The molecule has 0 amide bonds. The van der Waals surface area contributed by atoms with Crippen LogP contribution in [0.1, 0.15) is 11.1 Å². The van der Waals surface area contributed by atoms with Gasteiger partial charge in [-0.15, -0.1) is 11.3 Å². The molecule has 0 radical (unpaired) electrons. The number of thiophene rings is 1. The Kier molecular flexibility index (Phi) is 3.55. The molecule has 7 heteroatoms. The molecule has 0 fully saturated rings. The van der Waals surface area contributed by atoms with E-state index in [9.17, 15) is 0 Å². The minimum absolute atomic E-state index is 0.655. The summed E-state index contributed by atoms with van der Waals surface area (Å²) in [6, 6.07) is 3.95. The van der Waals surface area contributed by atoms with Crippen LogP contribution >= 0.6 is 22.9 Å². The quantitative estimate of drug-likeness (QED) is 0.604. The lowest BCUT2D eigenvalue weighted by molar-refractivity contribution is 1.09. The maximum absolute atomic E-state index is 6.20. The van der Waals surface area contributed by atoms with Gasteiger partial charge >= 0.3 is 0 Å². The molecule has 4 aromatic rings. The molecule has 0 aliphatic carbocycles.